The number of hydrazine groups is 1. The quantitative estimate of drug-likeness (QED) is 0.123. The summed E-state index contributed by atoms with van der Waals surface area (Å²) in [6.07, 6.45) is 0.723. The summed E-state index contributed by atoms with van der Waals surface area (Å²) in [6, 6.07) is 0. The molecule has 0 spiro atoms. The van der Waals surface area contributed by atoms with Crippen LogP contribution in [-0.2, 0) is 4.57 Å². The van der Waals surface area contributed by atoms with Gasteiger partial charge in [0.15, 0.2) is 0 Å². The zero-order valence-corrected chi connectivity index (χ0v) is 4.75. The van der Waals surface area contributed by atoms with E-state index >= 15 is 0 Å². The van der Waals surface area contributed by atoms with Crippen LogP contribution in [0.25, 0.3) is 0 Å². The van der Waals surface area contributed by atoms with Crippen molar-refractivity contribution >= 4 is 14.1 Å². The summed E-state index contributed by atoms with van der Waals surface area (Å²) >= 11 is 0. The lowest BCUT2D eigenvalue weighted by molar-refractivity contribution is 0.375. The number of nitrogens with one attached hydrogen (secondary N) is 1. The largest absolute Gasteiger partial charge is 0.450 e. The fourth-order valence-corrected chi connectivity index (χ4v) is 0.326. The topological polar surface area (TPSA) is 108 Å². The van der Waals surface area contributed by atoms with Gasteiger partial charge in [-0.15, -0.1) is 0 Å². The number of rotatable bonds is 2. The Labute approximate surface area is 45.6 Å². The van der Waals surface area contributed by atoms with Gasteiger partial charge in [0.25, 0.3) is 0 Å². The highest BCUT2D eigenvalue weighted by Gasteiger charge is 2.05. The molecule has 0 aromatic carbocycles. The first-order valence-corrected chi connectivity index (χ1v) is 3.18. The van der Waals surface area contributed by atoms with Crippen LogP contribution in [0.15, 0.2) is 4.76 Å². The third-order valence-electron chi connectivity index (χ3n) is 0.283. The molecule has 6 nitrogen and oxygen atoms in total. The van der Waals surface area contributed by atoms with Gasteiger partial charge in [-0.3, -0.25) is 0 Å². The lowest BCUT2D eigenvalue weighted by Crippen LogP contribution is -2.18. The van der Waals surface area contributed by atoms with Gasteiger partial charge in [-0.2, -0.15) is 4.76 Å². The Morgan fingerprint density at radius 2 is 2.25 bits per heavy atom. The average molecular weight is 139 g/mol. The SMILES string of the molecule is NNC=NP(=O)(O)O. The van der Waals surface area contributed by atoms with Crippen LogP contribution in [0.1, 0.15) is 0 Å². The minimum Gasteiger partial charge on any atom is -0.314 e. The first kappa shape index (κ1) is 7.58. The van der Waals surface area contributed by atoms with Gasteiger partial charge in [-0.05, 0) is 0 Å². The van der Waals surface area contributed by atoms with E-state index in [0.717, 1.165) is 6.34 Å². The van der Waals surface area contributed by atoms with Crippen LogP contribution in [0.2, 0.25) is 0 Å². The zero-order chi connectivity index (χ0) is 6.62. The maximum absolute atomic E-state index is 9.79. The van der Waals surface area contributed by atoms with Crippen molar-refractivity contribution in [3.05, 3.63) is 0 Å². The van der Waals surface area contributed by atoms with Gasteiger partial charge in [-0.25, -0.2) is 10.4 Å². The molecular weight excluding hydrogens is 133 g/mol. The van der Waals surface area contributed by atoms with Gasteiger partial charge in [0.1, 0.15) is 6.34 Å². The lowest BCUT2D eigenvalue weighted by Gasteiger charge is -1.90. The average Bonchev–Trinajstić information content (AvgIpc) is 1.59. The molecule has 0 radical (unpaired) electrons. The van der Waals surface area contributed by atoms with E-state index in [9.17, 15) is 4.57 Å². The highest BCUT2D eigenvalue weighted by Crippen LogP contribution is 2.34. The van der Waals surface area contributed by atoms with Crippen molar-refractivity contribution in [2.24, 2.45) is 10.6 Å². The number of hydrogen-bond donors (Lipinski definition) is 4. The molecule has 5 N–H and O–H groups in total. The Morgan fingerprint density at radius 1 is 1.75 bits per heavy atom. The second-order valence-electron chi connectivity index (χ2n) is 0.925. The van der Waals surface area contributed by atoms with E-state index in [1.807, 2.05) is 5.43 Å². The third-order valence-corrected chi connectivity index (χ3v) is 0.699. The predicted molar refractivity (Wildman–Crippen MR) is 27.9 cm³/mol. The molecule has 7 heteroatoms. The summed E-state index contributed by atoms with van der Waals surface area (Å²) in [5.74, 6) is 4.59. The molecule has 0 aliphatic heterocycles. The Morgan fingerprint density at radius 3 is 2.38 bits per heavy atom. The van der Waals surface area contributed by atoms with Crippen molar-refractivity contribution in [1.29, 1.82) is 0 Å². The Kier molecular flexibility index (Phi) is 2.64. The normalized spacial score (nSPS) is 12.4. The summed E-state index contributed by atoms with van der Waals surface area (Å²) in [6.45, 7) is 0. The third kappa shape index (κ3) is 5.58. The molecule has 0 aliphatic rings. The number of nitrogens with two attached hydrogens (primary N) is 1. The monoisotopic (exact) mass is 139 g/mol. The molecular formula is CH6N3O3P. The van der Waals surface area contributed by atoms with Crippen LogP contribution in [0.3, 0.4) is 0 Å². The molecule has 0 aromatic rings. The van der Waals surface area contributed by atoms with E-state index in [4.69, 9.17) is 9.79 Å². The zero-order valence-electron chi connectivity index (χ0n) is 3.85. The molecule has 0 saturated heterocycles. The molecule has 48 valence electrons. The smallest absolute Gasteiger partial charge is 0.314 e. The minimum atomic E-state index is -4.26. The van der Waals surface area contributed by atoms with Gasteiger partial charge in [0, 0.05) is 0 Å². The Bertz CT molecular complexity index is 126. The molecule has 0 atom stereocenters. The van der Waals surface area contributed by atoms with Crippen LogP contribution in [0.5, 0.6) is 0 Å². The molecule has 0 unspecified atom stereocenters. The molecule has 0 saturated carbocycles. The van der Waals surface area contributed by atoms with E-state index in [2.05, 4.69) is 10.6 Å². The molecule has 0 rings (SSSR count). The van der Waals surface area contributed by atoms with E-state index < -0.39 is 7.75 Å². The van der Waals surface area contributed by atoms with Crippen LogP contribution in [0.4, 0.5) is 0 Å². The van der Waals surface area contributed by atoms with E-state index in [-0.39, 0.29) is 0 Å². The number of hydrogen-bond acceptors (Lipinski definition) is 2. The van der Waals surface area contributed by atoms with Gasteiger partial charge in [-0.1, -0.05) is 0 Å². The second kappa shape index (κ2) is 2.78. The van der Waals surface area contributed by atoms with E-state index in [1.165, 1.54) is 0 Å². The maximum Gasteiger partial charge on any atom is 0.450 e. The fraction of sp³-hybridized carbons (Fsp3) is 0. The van der Waals surface area contributed by atoms with Gasteiger partial charge >= 0.3 is 7.75 Å². The van der Waals surface area contributed by atoms with Crippen LogP contribution >= 0.6 is 7.75 Å². The van der Waals surface area contributed by atoms with Crippen LogP contribution in [0, 0.1) is 0 Å². The van der Waals surface area contributed by atoms with Gasteiger partial charge in [0.2, 0.25) is 0 Å². The first-order chi connectivity index (χ1) is 3.56. The summed E-state index contributed by atoms with van der Waals surface area (Å²) < 4.78 is 12.5. The molecule has 0 aliphatic carbocycles. The van der Waals surface area contributed by atoms with Crippen molar-refractivity contribution in [2.45, 2.75) is 0 Å². The lowest BCUT2D eigenvalue weighted by atomic mass is 11.4. The van der Waals surface area contributed by atoms with Crippen molar-refractivity contribution < 1.29 is 14.4 Å². The maximum atomic E-state index is 9.79. The summed E-state index contributed by atoms with van der Waals surface area (Å²) in [5.41, 5.74) is 1.84. The number of nitrogens with zero attached hydrogens (tertiary/aromatic N) is 1. The summed E-state index contributed by atoms with van der Waals surface area (Å²) in [5, 5.41) is 0. The highest BCUT2D eigenvalue weighted by atomic mass is 31.2. The molecule has 0 amide bonds. The fourth-order valence-electron chi connectivity index (χ4n) is 0.109. The predicted octanol–water partition coefficient (Wildman–Crippen LogP) is -1.43. The Hall–Kier alpha value is -0.420. The summed E-state index contributed by atoms with van der Waals surface area (Å²) in [4.78, 5) is 15.9. The highest BCUT2D eigenvalue weighted by molar-refractivity contribution is 7.50. The summed E-state index contributed by atoms with van der Waals surface area (Å²) in [7, 11) is -4.26. The van der Waals surface area contributed by atoms with Crippen molar-refractivity contribution in [1.82, 2.24) is 5.43 Å². The van der Waals surface area contributed by atoms with Crippen molar-refractivity contribution in [2.75, 3.05) is 0 Å². The van der Waals surface area contributed by atoms with Gasteiger partial charge < -0.3 is 15.2 Å². The van der Waals surface area contributed by atoms with Gasteiger partial charge in [0.05, 0.1) is 0 Å². The van der Waals surface area contributed by atoms with Crippen LogP contribution < -0.4 is 11.3 Å². The van der Waals surface area contributed by atoms with E-state index in [0.29, 0.717) is 0 Å². The standard InChI is InChI=1S/CH6N3O3P/c2-3-1-4-8(5,6)7/h1H,2H2,(H3,3,4,5,6,7). The van der Waals surface area contributed by atoms with E-state index in [1.54, 1.807) is 0 Å². The Balaban J connectivity index is 3.71. The van der Waals surface area contributed by atoms with Crippen molar-refractivity contribution in [3.8, 4) is 0 Å². The molecule has 0 bridgehead atoms. The molecule has 0 aromatic heterocycles. The molecule has 8 heavy (non-hydrogen) atoms. The first-order valence-electron chi connectivity index (χ1n) is 1.62. The van der Waals surface area contributed by atoms with Crippen LogP contribution in [-0.4, -0.2) is 16.1 Å². The minimum absolute atomic E-state index is 0.723. The van der Waals surface area contributed by atoms with Crippen molar-refractivity contribution in [3.63, 3.8) is 0 Å². The molecule has 0 fully saturated rings. The molecule has 0 heterocycles. The second-order valence-corrected chi connectivity index (χ2v) is 2.18.